The van der Waals surface area contributed by atoms with Crippen molar-refractivity contribution in [3.63, 3.8) is 0 Å². The average Bonchev–Trinajstić information content (AvgIpc) is 3.75. The maximum atomic E-state index is 5.92. The molecule has 0 atom stereocenters. The summed E-state index contributed by atoms with van der Waals surface area (Å²) in [6.07, 6.45) is 1.81. The van der Waals surface area contributed by atoms with E-state index in [4.69, 9.17) is 19.7 Å². The van der Waals surface area contributed by atoms with Crippen molar-refractivity contribution >= 4 is 21.8 Å². The fraction of sp³-hybridized carbons (Fsp3) is 0.0741. The van der Waals surface area contributed by atoms with Crippen LogP contribution in [0.4, 0.5) is 0 Å². The molecule has 1 aliphatic rings. The van der Waals surface area contributed by atoms with Gasteiger partial charge in [0.2, 0.25) is 5.95 Å². The Kier molecular flexibility index (Phi) is 9.51. The molecular formula is C54H38IrN5O-. The summed E-state index contributed by atoms with van der Waals surface area (Å²) >= 11 is 0. The van der Waals surface area contributed by atoms with E-state index >= 15 is 0 Å². The first-order valence-corrected chi connectivity index (χ1v) is 20.2. The molecule has 61 heavy (non-hydrogen) atoms. The smallest absolute Gasteiger partial charge is 0.238 e. The normalized spacial score (nSPS) is 12.5. The van der Waals surface area contributed by atoms with Gasteiger partial charge in [-0.2, -0.15) is 9.97 Å². The van der Waals surface area contributed by atoms with Crippen LogP contribution in [0.3, 0.4) is 0 Å². The fourth-order valence-corrected chi connectivity index (χ4v) is 8.87. The number of rotatable bonds is 7. The number of methoxy groups -OCH3 is 1. The van der Waals surface area contributed by atoms with Gasteiger partial charge in [0.25, 0.3) is 0 Å². The standard InChI is InChI=1S/C54H38N5O.Ir/c1-54(2)46-22-11-10-21-42(46)43-32-45-44-31-37(40-28-39(29-41(30-40)60-3)36-19-14-20-38(27-36)48-23-12-13-26-55-48)24-25-49(44)59(50(45)33-47(43)54)53-57-51(34-15-6-4-7-16-34)56-52(58-53)35-17-8-5-9-18-35;/h4-19,21-33H,1-3H3;/q-1;. The largest absolute Gasteiger partial charge is 0.497 e. The average molecular weight is 965 g/mol. The van der Waals surface area contributed by atoms with Crippen LogP contribution < -0.4 is 4.74 Å². The zero-order valence-corrected chi connectivity index (χ0v) is 36.1. The molecule has 3 aromatic heterocycles. The van der Waals surface area contributed by atoms with Crippen molar-refractivity contribution in [2.24, 2.45) is 0 Å². The minimum Gasteiger partial charge on any atom is -0.497 e. The van der Waals surface area contributed by atoms with Crippen LogP contribution in [0.5, 0.6) is 5.75 Å². The van der Waals surface area contributed by atoms with Crippen molar-refractivity contribution in [1.29, 1.82) is 0 Å². The Hall–Kier alpha value is -7.05. The Balaban J connectivity index is 0.00000445. The molecule has 0 amide bonds. The number of pyridine rings is 1. The third-order valence-electron chi connectivity index (χ3n) is 11.9. The number of nitrogens with zero attached hydrogens (tertiary/aromatic N) is 5. The van der Waals surface area contributed by atoms with E-state index in [0.29, 0.717) is 17.6 Å². The van der Waals surface area contributed by atoms with Crippen molar-refractivity contribution in [1.82, 2.24) is 24.5 Å². The third-order valence-corrected chi connectivity index (χ3v) is 11.9. The minimum absolute atomic E-state index is 0. The maximum absolute atomic E-state index is 5.92. The number of ether oxygens (including phenoxy) is 1. The minimum atomic E-state index is -0.196. The van der Waals surface area contributed by atoms with E-state index in [9.17, 15) is 0 Å². The summed E-state index contributed by atoms with van der Waals surface area (Å²) in [4.78, 5) is 20.1. The second kappa shape index (κ2) is 15.2. The maximum Gasteiger partial charge on any atom is 0.238 e. The van der Waals surface area contributed by atoms with E-state index < -0.39 is 0 Å². The number of fused-ring (bicyclic) bond motifs is 6. The van der Waals surface area contributed by atoms with E-state index in [0.717, 1.165) is 72.2 Å². The molecule has 7 aromatic carbocycles. The molecule has 7 heteroatoms. The van der Waals surface area contributed by atoms with Gasteiger partial charge in [0.1, 0.15) is 5.75 Å². The first-order chi connectivity index (χ1) is 29.4. The molecule has 295 valence electrons. The summed E-state index contributed by atoms with van der Waals surface area (Å²) in [5.41, 5.74) is 14.9. The van der Waals surface area contributed by atoms with Gasteiger partial charge in [0.15, 0.2) is 11.6 Å². The van der Waals surface area contributed by atoms with Crippen LogP contribution in [0.25, 0.3) is 95.2 Å². The molecule has 6 nitrogen and oxygen atoms in total. The molecule has 3 heterocycles. The summed E-state index contributed by atoms with van der Waals surface area (Å²) in [7, 11) is 1.72. The molecule has 0 spiro atoms. The fourth-order valence-electron chi connectivity index (χ4n) is 8.87. The van der Waals surface area contributed by atoms with Gasteiger partial charge in [-0.3, -0.25) is 4.57 Å². The van der Waals surface area contributed by atoms with Gasteiger partial charge in [-0.25, -0.2) is 4.98 Å². The van der Waals surface area contributed by atoms with Gasteiger partial charge >= 0.3 is 0 Å². The predicted molar refractivity (Wildman–Crippen MR) is 242 cm³/mol. The molecular weight excluding hydrogens is 927 g/mol. The zero-order chi connectivity index (χ0) is 40.4. The Morgan fingerprint density at radius 1 is 0.525 bits per heavy atom. The molecule has 1 aliphatic carbocycles. The molecule has 0 unspecified atom stereocenters. The van der Waals surface area contributed by atoms with Crippen LogP contribution in [0.2, 0.25) is 0 Å². The monoisotopic (exact) mass is 965 g/mol. The van der Waals surface area contributed by atoms with Gasteiger partial charge in [-0.1, -0.05) is 117 Å². The summed E-state index contributed by atoms with van der Waals surface area (Å²) in [6.45, 7) is 4.64. The van der Waals surface area contributed by atoms with E-state index in [1.807, 2.05) is 91.1 Å². The van der Waals surface area contributed by atoms with Crippen molar-refractivity contribution in [2.75, 3.05) is 7.11 Å². The van der Waals surface area contributed by atoms with Gasteiger partial charge in [0, 0.05) is 53.6 Å². The van der Waals surface area contributed by atoms with Gasteiger partial charge < -0.3 is 9.72 Å². The van der Waals surface area contributed by atoms with Crippen molar-refractivity contribution in [2.45, 2.75) is 19.3 Å². The van der Waals surface area contributed by atoms with Crippen molar-refractivity contribution < 1.29 is 24.8 Å². The summed E-state index contributed by atoms with van der Waals surface area (Å²) in [6, 6.07) is 62.5. The second-order valence-corrected chi connectivity index (χ2v) is 15.8. The predicted octanol–water partition coefficient (Wildman–Crippen LogP) is 12.8. The van der Waals surface area contributed by atoms with Crippen LogP contribution >= 0.6 is 0 Å². The van der Waals surface area contributed by atoms with Gasteiger partial charge in [0.05, 0.1) is 18.1 Å². The Morgan fingerprint density at radius 2 is 1.18 bits per heavy atom. The molecule has 10 aromatic rings. The summed E-state index contributed by atoms with van der Waals surface area (Å²) < 4.78 is 8.15. The Bertz CT molecular complexity index is 3210. The SMILES string of the molecule is COc1cc(-c2cc[c-]c(-c3ccccn3)c2)cc(-c2ccc3c(c2)c2cc4c(cc2n3-c2nc(-c3ccccc3)nc(-c3ccccc3)n2)C(C)(C)c2ccccc2-4)c1.[Ir]. The van der Waals surface area contributed by atoms with E-state index in [1.165, 1.54) is 22.3 Å². The Morgan fingerprint density at radius 3 is 1.87 bits per heavy atom. The molecule has 0 N–H and O–H groups in total. The van der Waals surface area contributed by atoms with Crippen LogP contribution in [0, 0.1) is 6.07 Å². The third kappa shape index (κ3) is 6.54. The number of hydrogen-bond donors (Lipinski definition) is 0. The van der Waals surface area contributed by atoms with Crippen molar-refractivity contribution in [3.8, 4) is 79.1 Å². The summed E-state index contributed by atoms with van der Waals surface area (Å²) in [5.74, 6) is 2.58. The number of aromatic nitrogens is 5. The quantitative estimate of drug-likeness (QED) is 0.149. The topological polar surface area (TPSA) is 65.7 Å². The molecule has 0 fully saturated rings. The van der Waals surface area contributed by atoms with E-state index in [1.54, 1.807) is 7.11 Å². The molecule has 1 radical (unpaired) electrons. The number of hydrogen-bond acceptors (Lipinski definition) is 5. The van der Waals surface area contributed by atoms with Crippen LogP contribution in [-0.2, 0) is 25.5 Å². The molecule has 0 saturated carbocycles. The second-order valence-electron chi connectivity index (χ2n) is 15.8. The molecule has 11 rings (SSSR count). The first kappa shape index (κ1) is 38.2. The van der Waals surface area contributed by atoms with Gasteiger partial charge in [-0.15, -0.1) is 35.4 Å². The van der Waals surface area contributed by atoms with Crippen LogP contribution in [-0.4, -0.2) is 31.6 Å². The molecule has 0 aliphatic heterocycles. The number of benzene rings is 7. The summed E-state index contributed by atoms with van der Waals surface area (Å²) in [5, 5.41) is 2.23. The van der Waals surface area contributed by atoms with E-state index in [-0.39, 0.29) is 25.5 Å². The first-order valence-electron chi connectivity index (χ1n) is 20.2. The van der Waals surface area contributed by atoms with Crippen molar-refractivity contribution in [3.05, 3.63) is 193 Å². The Labute approximate surface area is 368 Å². The van der Waals surface area contributed by atoms with Crippen LogP contribution in [0.15, 0.2) is 176 Å². The molecule has 0 bridgehead atoms. The molecule has 0 saturated heterocycles. The van der Waals surface area contributed by atoms with Gasteiger partial charge in [-0.05, 0) is 93.2 Å². The van der Waals surface area contributed by atoms with Crippen LogP contribution in [0.1, 0.15) is 25.0 Å². The zero-order valence-electron chi connectivity index (χ0n) is 33.7. The van der Waals surface area contributed by atoms with E-state index in [2.05, 4.69) is 114 Å².